The van der Waals surface area contributed by atoms with Gasteiger partial charge in [-0.3, -0.25) is 4.98 Å². The number of halogens is 1. The lowest BCUT2D eigenvalue weighted by molar-refractivity contribution is 0.625. The maximum atomic E-state index is 14.0. The van der Waals surface area contributed by atoms with E-state index in [0.717, 1.165) is 23.4 Å². The van der Waals surface area contributed by atoms with Crippen molar-refractivity contribution in [2.24, 2.45) is 0 Å². The van der Waals surface area contributed by atoms with E-state index in [1.54, 1.807) is 12.3 Å². The monoisotopic (exact) mass is 244 g/mol. The lowest BCUT2D eigenvalue weighted by atomic mass is 10.0. The van der Waals surface area contributed by atoms with Gasteiger partial charge < -0.3 is 5.32 Å². The number of aryl methyl sites for hydroxylation is 1. The Morgan fingerprint density at radius 3 is 2.67 bits per heavy atom. The minimum Gasteiger partial charge on any atom is -0.313 e. The Labute approximate surface area is 107 Å². The molecule has 0 amide bonds. The molecule has 94 valence electrons. The van der Waals surface area contributed by atoms with Crippen molar-refractivity contribution >= 4 is 0 Å². The highest BCUT2D eigenvalue weighted by molar-refractivity contribution is 5.63. The van der Waals surface area contributed by atoms with E-state index in [1.165, 1.54) is 0 Å². The van der Waals surface area contributed by atoms with Crippen molar-refractivity contribution in [3.63, 3.8) is 0 Å². The van der Waals surface area contributed by atoms with Gasteiger partial charge in [0.2, 0.25) is 0 Å². The molecule has 0 saturated carbocycles. The Balaban J connectivity index is 2.26. The standard InChI is InChI=1S/C15H17FN2/c1-3-17-9-12-5-7-14(15(16)8-12)13-6-4-11(2)18-10-13/h4-8,10,17H,3,9H2,1-2H3. The highest BCUT2D eigenvalue weighted by Crippen LogP contribution is 2.23. The van der Waals surface area contributed by atoms with Gasteiger partial charge >= 0.3 is 0 Å². The number of aromatic nitrogens is 1. The molecule has 3 heteroatoms. The van der Waals surface area contributed by atoms with Gasteiger partial charge in [0.25, 0.3) is 0 Å². The first-order valence-corrected chi connectivity index (χ1v) is 6.13. The summed E-state index contributed by atoms with van der Waals surface area (Å²) in [6.45, 7) is 5.52. The molecule has 1 aromatic carbocycles. The van der Waals surface area contributed by atoms with Crippen LogP contribution in [0.2, 0.25) is 0 Å². The Morgan fingerprint density at radius 2 is 2.06 bits per heavy atom. The Bertz CT molecular complexity index is 521. The van der Waals surface area contributed by atoms with Gasteiger partial charge in [-0.25, -0.2) is 4.39 Å². The van der Waals surface area contributed by atoms with Crippen molar-refractivity contribution in [2.45, 2.75) is 20.4 Å². The zero-order valence-corrected chi connectivity index (χ0v) is 10.7. The van der Waals surface area contributed by atoms with Crippen LogP contribution >= 0.6 is 0 Å². The fraction of sp³-hybridized carbons (Fsp3) is 0.267. The number of nitrogens with one attached hydrogen (secondary N) is 1. The van der Waals surface area contributed by atoms with Gasteiger partial charge in [0.1, 0.15) is 5.82 Å². The summed E-state index contributed by atoms with van der Waals surface area (Å²) >= 11 is 0. The zero-order valence-electron chi connectivity index (χ0n) is 10.7. The summed E-state index contributed by atoms with van der Waals surface area (Å²) in [7, 11) is 0. The summed E-state index contributed by atoms with van der Waals surface area (Å²) in [6, 6.07) is 9.12. The number of hydrogen-bond donors (Lipinski definition) is 1. The van der Waals surface area contributed by atoms with E-state index in [2.05, 4.69) is 10.3 Å². The van der Waals surface area contributed by atoms with Crippen molar-refractivity contribution < 1.29 is 4.39 Å². The third-order valence-corrected chi connectivity index (χ3v) is 2.83. The predicted molar refractivity (Wildman–Crippen MR) is 71.7 cm³/mol. The van der Waals surface area contributed by atoms with Gasteiger partial charge in [-0.2, -0.15) is 0 Å². The van der Waals surface area contributed by atoms with Crippen molar-refractivity contribution in [1.82, 2.24) is 10.3 Å². The number of nitrogens with zero attached hydrogens (tertiary/aromatic N) is 1. The summed E-state index contributed by atoms with van der Waals surface area (Å²) in [5, 5.41) is 3.18. The minimum atomic E-state index is -0.198. The lowest BCUT2D eigenvalue weighted by Gasteiger charge is -2.07. The molecule has 2 nitrogen and oxygen atoms in total. The summed E-state index contributed by atoms with van der Waals surface area (Å²) in [4.78, 5) is 4.19. The second-order valence-corrected chi connectivity index (χ2v) is 4.28. The van der Waals surface area contributed by atoms with Crippen LogP contribution < -0.4 is 5.32 Å². The van der Waals surface area contributed by atoms with E-state index in [0.29, 0.717) is 12.1 Å². The van der Waals surface area contributed by atoms with Crippen molar-refractivity contribution in [1.29, 1.82) is 0 Å². The SMILES string of the molecule is CCNCc1ccc(-c2ccc(C)nc2)c(F)c1. The fourth-order valence-electron chi connectivity index (χ4n) is 1.80. The third kappa shape index (κ3) is 2.93. The molecule has 0 fully saturated rings. The quantitative estimate of drug-likeness (QED) is 0.892. The molecule has 0 aliphatic carbocycles. The molecule has 18 heavy (non-hydrogen) atoms. The first-order valence-electron chi connectivity index (χ1n) is 6.13. The summed E-state index contributed by atoms with van der Waals surface area (Å²) < 4.78 is 14.0. The predicted octanol–water partition coefficient (Wildman–Crippen LogP) is 3.31. The first kappa shape index (κ1) is 12.7. The molecule has 0 atom stereocenters. The zero-order chi connectivity index (χ0) is 13.0. The Hall–Kier alpha value is -1.74. The van der Waals surface area contributed by atoms with E-state index in [9.17, 15) is 4.39 Å². The van der Waals surface area contributed by atoms with E-state index < -0.39 is 0 Å². The van der Waals surface area contributed by atoms with Crippen LogP contribution in [0.15, 0.2) is 36.5 Å². The summed E-state index contributed by atoms with van der Waals surface area (Å²) in [5.41, 5.74) is 3.30. The van der Waals surface area contributed by atoms with Crippen LogP contribution in [0.25, 0.3) is 11.1 Å². The van der Waals surface area contributed by atoms with E-state index in [-0.39, 0.29) is 5.82 Å². The summed E-state index contributed by atoms with van der Waals surface area (Å²) in [5.74, 6) is -0.198. The molecule has 0 unspecified atom stereocenters. The van der Waals surface area contributed by atoms with Gasteiger partial charge in [0, 0.05) is 29.6 Å². The number of hydrogen-bond acceptors (Lipinski definition) is 2. The molecule has 0 saturated heterocycles. The smallest absolute Gasteiger partial charge is 0.131 e. The normalized spacial score (nSPS) is 10.6. The van der Waals surface area contributed by atoms with Crippen molar-refractivity contribution in [3.8, 4) is 11.1 Å². The molecule has 0 bridgehead atoms. The highest BCUT2D eigenvalue weighted by Gasteiger charge is 2.06. The van der Waals surface area contributed by atoms with Crippen LogP contribution in [-0.2, 0) is 6.54 Å². The van der Waals surface area contributed by atoms with Crippen LogP contribution in [-0.4, -0.2) is 11.5 Å². The van der Waals surface area contributed by atoms with Crippen LogP contribution in [0.5, 0.6) is 0 Å². The van der Waals surface area contributed by atoms with Gasteiger partial charge in [-0.05, 0) is 31.2 Å². The lowest BCUT2D eigenvalue weighted by Crippen LogP contribution is -2.11. The van der Waals surface area contributed by atoms with Crippen LogP contribution in [0.1, 0.15) is 18.2 Å². The molecule has 0 aliphatic heterocycles. The van der Waals surface area contributed by atoms with Gasteiger partial charge in [0.05, 0.1) is 0 Å². The third-order valence-electron chi connectivity index (χ3n) is 2.83. The average Bonchev–Trinajstić information content (AvgIpc) is 2.38. The van der Waals surface area contributed by atoms with Crippen LogP contribution in [0.4, 0.5) is 4.39 Å². The van der Waals surface area contributed by atoms with E-state index >= 15 is 0 Å². The Kier molecular flexibility index (Phi) is 4.05. The minimum absolute atomic E-state index is 0.198. The molecular weight excluding hydrogens is 227 g/mol. The number of rotatable bonds is 4. The molecule has 1 N–H and O–H groups in total. The van der Waals surface area contributed by atoms with Gasteiger partial charge in [-0.15, -0.1) is 0 Å². The molecule has 1 aromatic heterocycles. The molecule has 0 radical (unpaired) electrons. The fourth-order valence-corrected chi connectivity index (χ4v) is 1.80. The van der Waals surface area contributed by atoms with Crippen LogP contribution in [0.3, 0.4) is 0 Å². The van der Waals surface area contributed by atoms with Gasteiger partial charge in [-0.1, -0.05) is 25.1 Å². The molecule has 2 aromatic rings. The molecule has 1 heterocycles. The van der Waals surface area contributed by atoms with Crippen LogP contribution in [0, 0.1) is 12.7 Å². The second kappa shape index (κ2) is 5.74. The number of pyridine rings is 1. The molecule has 2 rings (SSSR count). The van der Waals surface area contributed by atoms with E-state index in [1.807, 2.05) is 38.1 Å². The molecule has 0 aliphatic rings. The second-order valence-electron chi connectivity index (χ2n) is 4.28. The first-order chi connectivity index (χ1) is 8.70. The molecule has 0 spiro atoms. The van der Waals surface area contributed by atoms with Gasteiger partial charge in [0.15, 0.2) is 0 Å². The summed E-state index contributed by atoms with van der Waals surface area (Å²) in [6.07, 6.45) is 1.71. The Morgan fingerprint density at radius 1 is 1.22 bits per heavy atom. The van der Waals surface area contributed by atoms with E-state index in [4.69, 9.17) is 0 Å². The highest BCUT2D eigenvalue weighted by atomic mass is 19.1. The average molecular weight is 244 g/mol. The maximum Gasteiger partial charge on any atom is 0.131 e. The van der Waals surface area contributed by atoms with Crippen molar-refractivity contribution in [3.05, 3.63) is 53.6 Å². The topological polar surface area (TPSA) is 24.9 Å². The largest absolute Gasteiger partial charge is 0.313 e. The molecular formula is C15H17FN2. The number of benzene rings is 1. The van der Waals surface area contributed by atoms with Crippen molar-refractivity contribution in [2.75, 3.05) is 6.54 Å². The maximum absolute atomic E-state index is 14.0.